The Bertz CT molecular complexity index is 658. The molecule has 0 aliphatic carbocycles. The Balaban J connectivity index is 2.16. The van der Waals surface area contributed by atoms with Crippen LogP contribution in [0.25, 0.3) is 0 Å². The third-order valence-electron chi connectivity index (χ3n) is 3.22. The van der Waals surface area contributed by atoms with E-state index in [1.807, 2.05) is 31.2 Å². The summed E-state index contributed by atoms with van der Waals surface area (Å²) < 4.78 is 6.04. The van der Waals surface area contributed by atoms with Gasteiger partial charge in [0.25, 0.3) is 5.91 Å². The molecule has 3 N–H and O–H groups in total. The van der Waals surface area contributed by atoms with E-state index in [0.717, 1.165) is 10.0 Å². The van der Waals surface area contributed by atoms with E-state index in [9.17, 15) is 4.79 Å². The molecule has 4 nitrogen and oxygen atoms in total. The van der Waals surface area contributed by atoms with Crippen molar-refractivity contribution >= 4 is 27.5 Å². The van der Waals surface area contributed by atoms with E-state index in [2.05, 4.69) is 21.2 Å². The van der Waals surface area contributed by atoms with Gasteiger partial charge in [-0.2, -0.15) is 0 Å². The molecule has 0 unspecified atom stereocenters. The van der Waals surface area contributed by atoms with E-state index < -0.39 is 0 Å². The van der Waals surface area contributed by atoms with Crippen molar-refractivity contribution in [1.82, 2.24) is 5.32 Å². The molecule has 0 aromatic heterocycles. The first-order chi connectivity index (χ1) is 10.0. The van der Waals surface area contributed by atoms with Crippen LogP contribution in [-0.2, 0) is 0 Å². The lowest BCUT2D eigenvalue weighted by molar-refractivity contribution is 0.0940. The first kappa shape index (κ1) is 15.4. The molecule has 1 atom stereocenters. The van der Waals surface area contributed by atoms with Crippen LogP contribution in [0.5, 0.6) is 5.75 Å². The van der Waals surface area contributed by atoms with E-state index >= 15 is 0 Å². The third kappa shape index (κ3) is 3.55. The number of hydrogen-bond acceptors (Lipinski definition) is 3. The van der Waals surface area contributed by atoms with Crippen LogP contribution in [0.3, 0.4) is 0 Å². The minimum atomic E-state index is -0.210. The number of amides is 1. The van der Waals surface area contributed by atoms with Gasteiger partial charge < -0.3 is 15.8 Å². The van der Waals surface area contributed by atoms with E-state index in [-0.39, 0.29) is 11.9 Å². The quantitative estimate of drug-likeness (QED) is 0.830. The highest BCUT2D eigenvalue weighted by atomic mass is 79.9. The molecule has 2 rings (SSSR count). The molecular formula is C16H17BrN2O2. The molecule has 0 spiro atoms. The van der Waals surface area contributed by atoms with Gasteiger partial charge >= 0.3 is 0 Å². The zero-order valence-electron chi connectivity index (χ0n) is 11.9. The first-order valence-corrected chi connectivity index (χ1v) is 7.31. The monoisotopic (exact) mass is 348 g/mol. The van der Waals surface area contributed by atoms with Gasteiger partial charge in [-0.25, -0.2) is 0 Å². The second-order valence-electron chi connectivity index (χ2n) is 4.67. The summed E-state index contributed by atoms with van der Waals surface area (Å²) in [5.41, 5.74) is 7.74. The summed E-state index contributed by atoms with van der Waals surface area (Å²) in [5.74, 6) is 0.418. The summed E-state index contributed by atoms with van der Waals surface area (Å²) in [6.45, 7) is 1.93. The van der Waals surface area contributed by atoms with Crippen LogP contribution < -0.4 is 15.8 Å². The number of rotatable bonds is 4. The van der Waals surface area contributed by atoms with Crippen molar-refractivity contribution in [3.63, 3.8) is 0 Å². The lowest BCUT2D eigenvalue weighted by Crippen LogP contribution is -2.27. The number of ether oxygens (including phenoxy) is 1. The summed E-state index contributed by atoms with van der Waals surface area (Å²) in [4.78, 5) is 12.3. The van der Waals surface area contributed by atoms with Gasteiger partial charge in [-0.15, -0.1) is 0 Å². The molecule has 0 fully saturated rings. The smallest absolute Gasteiger partial charge is 0.253 e. The SMILES string of the molecule is COc1ccc(C(=O)N[C@H](C)c2ccccc2Br)c(N)c1. The molecule has 0 bridgehead atoms. The van der Waals surface area contributed by atoms with Gasteiger partial charge in [-0.3, -0.25) is 4.79 Å². The van der Waals surface area contributed by atoms with Crippen molar-refractivity contribution < 1.29 is 9.53 Å². The van der Waals surface area contributed by atoms with Crippen molar-refractivity contribution in [3.8, 4) is 5.75 Å². The predicted octanol–water partition coefficient (Wildman–Crippen LogP) is 3.53. The summed E-state index contributed by atoms with van der Waals surface area (Å²) in [7, 11) is 1.56. The maximum Gasteiger partial charge on any atom is 0.253 e. The average Bonchev–Trinajstić information content (AvgIpc) is 2.47. The van der Waals surface area contributed by atoms with E-state index in [4.69, 9.17) is 10.5 Å². The number of anilines is 1. The van der Waals surface area contributed by atoms with Crippen LogP contribution in [0.2, 0.25) is 0 Å². The van der Waals surface area contributed by atoms with E-state index in [1.54, 1.807) is 25.3 Å². The zero-order valence-corrected chi connectivity index (χ0v) is 13.5. The molecule has 0 saturated carbocycles. The Kier molecular flexibility index (Phi) is 4.85. The minimum Gasteiger partial charge on any atom is -0.497 e. The third-order valence-corrected chi connectivity index (χ3v) is 3.94. The van der Waals surface area contributed by atoms with E-state index in [1.165, 1.54) is 0 Å². The fraction of sp³-hybridized carbons (Fsp3) is 0.188. The van der Waals surface area contributed by atoms with Crippen molar-refractivity contribution in [2.24, 2.45) is 0 Å². The number of nitrogens with one attached hydrogen (secondary N) is 1. The average molecular weight is 349 g/mol. The van der Waals surface area contributed by atoms with Crippen LogP contribution >= 0.6 is 15.9 Å². The van der Waals surface area contributed by atoms with Crippen molar-refractivity contribution in [2.45, 2.75) is 13.0 Å². The highest BCUT2D eigenvalue weighted by Crippen LogP contribution is 2.24. The van der Waals surface area contributed by atoms with Crippen LogP contribution in [0.15, 0.2) is 46.9 Å². The molecule has 21 heavy (non-hydrogen) atoms. The molecule has 110 valence electrons. The van der Waals surface area contributed by atoms with Gasteiger partial charge in [-0.1, -0.05) is 34.1 Å². The highest BCUT2D eigenvalue weighted by Gasteiger charge is 2.15. The van der Waals surface area contributed by atoms with Gasteiger partial charge in [0, 0.05) is 16.2 Å². The Hall–Kier alpha value is -2.01. The number of nitrogens with two attached hydrogens (primary N) is 1. The molecule has 5 heteroatoms. The molecular weight excluding hydrogens is 332 g/mol. The Morgan fingerprint density at radius 2 is 2.00 bits per heavy atom. The molecule has 0 saturated heterocycles. The summed E-state index contributed by atoms with van der Waals surface area (Å²) >= 11 is 3.48. The minimum absolute atomic E-state index is 0.130. The number of nitrogen functional groups attached to an aromatic ring is 1. The normalized spacial score (nSPS) is 11.8. The summed E-state index contributed by atoms with van der Waals surface area (Å²) in [5, 5.41) is 2.94. The fourth-order valence-electron chi connectivity index (χ4n) is 2.05. The predicted molar refractivity (Wildman–Crippen MR) is 87.4 cm³/mol. The number of hydrogen-bond donors (Lipinski definition) is 2. The second-order valence-corrected chi connectivity index (χ2v) is 5.52. The molecule has 2 aromatic rings. The lowest BCUT2D eigenvalue weighted by atomic mass is 10.1. The number of carbonyl (C=O) groups is 1. The van der Waals surface area contributed by atoms with Crippen LogP contribution in [0, 0.1) is 0 Å². The van der Waals surface area contributed by atoms with Gasteiger partial charge in [0.2, 0.25) is 0 Å². The van der Waals surface area contributed by atoms with Crippen molar-refractivity contribution in [1.29, 1.82) is 0 Å². The fourth-order valence-corrected chi connectivity index (χ4v) is 2.68. The van der Waals surface area contributed by atoms with E-state index in [0.29, 0.717) is 17.0 Å². The van der Waals surface area contributed by atoms with Crippen LogP contribution in [0.4, 0.5) is 5.69 Å². The number of benzene rings is 2. The zero-order chi connectivity index (χ0) is 15.4. The van der Waals surface area contributed by atoms with Gasteiger partial charge in [0.1, 0.15) is 5.75 Å². The summed E-state index contributed by atoms with van der Waals surface area (Å²) in [6, 6.07) is 12.7. The Morgan fingerprint density at radius 3 is 2.62 bits per heavy atom. The Morgan fingerprint density at radius 1 is 1.29 bits per heavy atom. The van der Waals surface area contributed by atoms with Crippen molar-refractivity contribution in [2.75, 3.05) is 12.8 Å². The maximum atomic E-state index is 12.3. The van der Waals surface area contributed by atoms with Gasteiger partial charge in [0.15, 0.2) is 0 Å². The summed E-state index contributed by atoms with van der Waals surface area (Å²) in [6.07, 6.45) is 0. The molecule has 0 aliphatic heterocycles. The van der Waals surface area contributed by atoms with Gasteiger partial charge in [-0.05, 0) is 30.7 Å². The molecule has 0 aliphatic rings. The van der Waals surface area contributed by atoms with Gasteiger partial charge in [0.05, 0.1) is 18.7 Å². The molecule has 0 heterocycles. The topological polar surface area (TPSA) is 64.3 Å². The molecule has 0 radical (unpaired) electrons. The Labute approximate surface area is 132 Å². The second kappa shape index (κ2) is 6.63. The maximum absolute atomic E-state index is 12.3. The van der Waals surface area contributed by atoms with Crippen molar-refractivity contribution in [3.05, 3.63) is 58.1 Å². The highest BCUT2D eigenvalue weighted by molar-refractivity contribution is 9.10. The molecule has 1 amide bonds. The standard InChI is InChI=1S/C16H17BrN2O2/c1-10(12-5-3-4-6-14(12)17)19-16(20)13-8-7-11(21-2)9-15(13)18/h3-10H,18H2,1-2H3,(H,19,20)/t10-/m1/s1. The number of halogens is 1. The van der Waals surface area contributed by atoms with Crippen LogP contribution in [0.1, 0.15) is 28.9 Å². The molecule has 2 aromatic carbocycles. The lowest BCUT2D eigenvalue weighted by Gasteiger charge is -2.16. The number of methoxy groups -OCH3 is 1. The van der Waals surface area contributed by atoms with Crippen LogP contribution in [-0.4, -0.2) is 13.0 Å². The first-order valence-electron chi connectivity index (χ1n) is 6.51. The number of carbonyl (C=O) groups excluding carboxylic acids is 1. The largest absolute Gasteiger partial charge is 0.497 e.